The van der Waals surface area contributed by atoms with Crippen LogP contribution in [-0.4, -0.2) is 35.5 Å². The highest BCUT2D eigenvalue weighted by Gasteiger charge is 2.18. The molecule has 4 heteroatoms. The summed E-state index contributed by atoms with van der Waals surface area (Å²) >= 11 is 0. The molecule has 0 saturated carbocycles. The zero-order chi connectivity index (χ0) is 12.0. The fourth-order valence-electron chi connectivity index (χ4n) is 1.39. The van der Waals surface area contributed by atoms with Crippen LogP contribution in [-0.2, 0) is 16.1 Å². The summed E-state index contributed by atoms with van der Waals surface area (Å²) in [5.74, 6) is -0.00402. The molecule has 0 aliphatic rings. The molecule has 16 heavy (non-hydrogen) atoms. The molecule has 0 spiro atoms. The van der Waals surface area contributed by atoms with Crippen LogP contribution in [0.3, 0.4) is 0 Å². The Morgan fingerprint density at radius 1 is 1.56 bits per heavy atom. The van der Waals surface area contributed by atoms with Gasteiger partial charge in [-0.2, -0.15) is 0 Å². The van der Waals surface area contributed by atoms with Gasteiger partial charge in [0, 0.05) is 19.9 Å². The number of carbonyl (C=O) groups is 1. The maximum atomic E-state index is 11.9. The lowest BCUT2D eigenvalue weighted by atomic mass is 10.3. The summed E-state index contributed by atoms with van der Waals surface area (Å²) in [7, 11) is 1.54. The van der Waals surface area contributed by atoms with Crippen molar-refractivity contribution < 1.29 is 9.53 Å². The highest BCUT2D eigenvalue weighted by molar-refractivity contribution is 5.80. The lowest BCUT2D eigenvalue weighted by molar-refractivity contribution is -0.141. The molecule has 0 N–H and O–H groups in total. The predicted octanol–water partition coefficient (Wildman–Crippen LogP) is 1.47. The number of methoxy groups -OCH3 is 1. The van der Waals surface area contributed by atoms with Gasteiger partial charge >= 0.3 is 0 Å². The molecule has 0 aliphatic heterocycles. The van der Waals surface area contributed by atoms with Gasteiger partial charge < -0.3 is 9.64 Å². The van der Waals surface area contributed by atoms with Gasteiger partial charge in [0.05, 0.1) is 12.2 Å². The van der Waals surface area contributed by atoms with Crippen molar-refractivity contribution in [2.75, 3.05) is 13.7 Å². The van der Waals surface area contributed by atoms with E-state index in [-0.39, 0.29) is 5.91 Å². The first-order valence-corrected chi connectivity index (χ1v) is 5.40. The average molecular weight is 222 g/mol. The van der Waals surface area contributed by atoms with E-state index in [9.17, 15) is 4.79 Å². The van der Waals surface area contributed by atoms with Gasteiger partial charge in [-0.15, -0.1) is 0 Å². The van der Waals surface area contributed by atoms with Gasteiger partial charge in [0.25, 0.3) is 5.91 Å². The van der Waals surface area contributed by atoms with E-state index in [1.54, 1.807) is 18.0 Å². The van der Waals surface area contributed by atoms with Crippen molar-refractivity contribution in [3.63, 3.8) is 0 Å². The monoisotopic (exact) mass is 222 g/mol. The van der Waals surface area contributed by atoms with Crippen LogP contribution in [0.2, 0.25) is 0 Å². The minimum Gasteiger partial charge on any atom is -0.372 e. The van der Waals surface area contributed by atoms with E-state index >= 15 is 0 Å². The molecule has 1 heterocycles. The number of pyridine rings is 1. The molecule has 0 aromatic carbocycles. The Balaban J connectivity index is 2.66. The molecule has 88 valence electrons. The van der Waals surface area contributed by atoms with E-state index < -0.39 is 6.10 Å². The molecule has 0 aliphatic carbocycles. The Morgan fingerprint density at radius 3 is 2.81 bits per heavy atom. The van der Waals surface area contributed by atoms with Gasteiger partial charge in [-0.25, -0.2) is 0 Å². The number of aromatic nitrogens is 1. The van der Waals surface area contributed by atoms with E-state index in [0.717, 1.165) is 5.69 Å². The normalized spacial score (nSPS) is 12.2. The second-order valence-corrected chi connectivity index (χ2v) is 3.55. The van der Waals surface area contributed by atoms with Crippen LogP contribution in [0.15, 0.2) is 24.4 Å². The first-order valence-electron chi connectivity index (χ1n) is 5.40. The van der Waals surface area contributed by atoms with E-state index in [4.69, 9.17) is 4.74 Å². The smallest absolute Gasteiger partial charge is 0.251 e. The second kappa shape index (κ2) is 6.23. The van der Waals surface area contributed by atoms with Crippen LogP contribution < -0.4 is 0 Å². The molecular weight excluding hydrogens is 204 g/mol. The summed E-state index contributed by atoms with van der Waals surface area (Å²) in [4.78, 5) is 17.8. The SMILES string of the molecule is CCN(Cc1ccccn1)C(=O)C(C)OC. The molecule has 1 amide bonds. The van der Waals surface area contributed by atoms with Crippen molar-refractivity contribution in [3.05, 3.63) is 30.1 Å². The van der Waals surface area contributed by atoms with Crippen molar-refractivity contribution in [2.45, 2.75) is 26.5 Å². The number of hydrogen-bond acceptors (Lipinski definition) is 3. The number of carbonyl (C=O) groups excluding carboxylic acids is 1. The van der Waals surface area contributed by atoms with Gasteiger partial charge in [-0.05, 0) is 26.0 Å². The molecule has 1 atom stereocenters. The van der Waals surface area contributed by atoms with Gasteiger partial charge in [-0.1, -0.05) is 6.07 Å². The fourth-order valence-corrected chi connectivity index (χ4v) is 1.39. The molecule has 0 saturated heterocycles. The summed E-state index contributed by atoms with van der Waals surface area (Å²) in [6.07, 6.45) is 1.33. The lowest BCUT2D eigenvalue weighted by Gasteiger charge is -2.23. The Bertz CT molecular complexity index is 327. The summed E-state index contributed by atoms with van der Waals surface area (Å²) in [6.45, 7) is 4.89. The maximum absolute atomic E-state index is 11.9. The number of amides is 1. The van der Waals surface area contributed by atoms with E-state index in [1.807, 2.05) is 25.1 Å². The second-order valence-electron chi connectivity index (χ2n) is 3.55. The van der Waals surface area contributed by atoms with Gasteiger partial charge in [0.15, 0.2) is 0 Å². The standard InChI is InChI=1S/C12H18N2O2/c1-4-14(12(15)10(2)16-3)9-11-7-5-6-8-13-11/h5-8,10H,4,9H2,1-3H3. The maximum Gasteiger partial charge on any atom is 0.251 e. The lowest BCUT2D eigenvalue weighted by Crippen LogP contribution is -2.38. The molecule has 1 unspecified atom stereocenters. The molecule has 1 aromatic heterocycles. The number of rotatable bonds is 5. The molecule has 0 radical (unpaired) electrons. The van der Waals surface area contributed by atoms with Gasteiger partial charge in [-0.3, -0.25) is 9.78 Å². The number of nitrogens with zero attached hydrogens (tertiary/aromatic N) is 2. The van der Waals surface area contributed by atoms with Crippen LogP contribution >= 0.6 is 0 Å². The number of ether oxygens (including phenoxy) is 1. The molecular formula is C12H18N2O2. The summed E-state index contributed by atoms with van der Waals surface area (Å²) < 4.78 is 5.02. The highest BCUT2D eigenvalue weighted by atomic mass is 16.5. The van der Waals surface area contributed by atoms with Gasteiger partial charge in [0.2, 0.25) is 0 Å². The Kier molecular flexibility index (Phi) is 4.92. The Hall–Kier alpha value is -1.42. The summed E-state index contributed by atoms with van der Waals surface area (Å²) in [5, 5.41) is 0. The van der Waals surface area contributed by atoms with Gasteiger partial charge in [0.1, 0.15) is 6.10 Å². The predicted molar refractivity (Wildman–Crippen MR) is 61.8 cm³/mol. The van der Waals surface area contributed by atoms with Crippen molar-refractivity contribution in [3.8, 4) is 0 Å². The third kappa shape index (κ3) is 3.31. The minimum absolute atomic E-state index is 0.00402. The van der Waals surface area contributed by atoms with Crippen molar-refractivity contribution >= 4 is 5.91 Å². The molecule has 0 bridgehead atoms. The zero-order valence-corrected chi connectivity index (χ0v) is 10.0. The van der Waals surface area contributed by atoms with Crippen LogP contribution in [0.1, 0.15) is 19.5 Å². The van der Waals surface area contributed by atoms with Crippen LogP contribution in [0, 0.1) is 0 Å². The fraction of sp³-hybridized carbons (Fsp3) is 0.500. The van der Waals surface area contributed by atoms with Crippen molar-refractivity contribution in [2.24, 2.45) is 0 Å². The van der Waals surface area contributed by atoms with E-state index in [0.29, 0.717) is 13.1 Å². The highest BCUT2D eigenvalue weighted by Crippen LogP contribution is 2.04. The average Bonchev–Trinajstić information content (AvgIpc) is 2.35. The molecule has 1 aromatic rings. The number of likely N-dealkylation sites (N-methyl/N-ethyl adjacent to an activating group) is 1. The van der Waals surface area contributed by atoms with Crippen LogP contribution in [0.4, 0.5) is 0 Å². The molecule has 1 rings (SSSR count). The third-order valence-corrected chi connectivity index (χ3v) is 2.47. The van der Waals surface area contributed by atoms with Crippen molar-refractivity contribution in [1.29, 1.82) is 0 Å². The molecule has 4 nitrogen and oxygen atoms in total. The first kappa shape index (κ1) is 12.6. The quantitative estimate of drug-likeness (QED) is 0.757. The van der Waals surface area contributed by atoms with Crippen molar-refractivity contribution in [1.82, 2.24) is 9.88 Å². The minimum atomic E-state index is -0.399. The van der Waals surface area contributed by atoms with E-state index in [2.05, 4.69) is 4.98 Å². The van der Waals surface area contributed by atoms with E-state index in [1.165, 1.54) is 7.11 Å². The van der Waals surface area contributed by atoms with Crippen LogP contribution in [0.5, 0.6) is 0 Å². The Labute approximate surface area is 96.2 Å². The topological polar surface area (TPSA) is 42.4 Å². The number of hydrogen-bond donors (Lipinski definition) is 0. The zero-order valence-electron chi connectivity index (χ0n) is 10.0. The summed E-state index contributed by atoms with van der Waals surface area (Å²) in [5.41, 5.74) is 0.890. The summed E-state index contributed by atoms with van der Waals surface area (Å²) in [6, 6.07) is 5.69. The van der Waals surface area contributed by atoms with Crippen LogP contribution in [0.25, 0.3) is 0 Å². The Morgan fingerprint density at radius 2 is 2.31 bits per heavy atom. The first-order chi connectivity index (χ1) is 7.69. The largest absolute Gasteiger partial charge is 0.372 e. The third-order valence-electron chi connectivity index (χ3n) is 2.47. The molecule has 0 fully saturated rings.